The normalized spacial score (nSPS) is 25.5. The van der Waals surface area contributed by atoms with Gasteiger partial charge in [0.25, 0.3) is 0 Å². The van der Waals surface area contributed by atoms with Crippen molar-refractivity contribution in [3.05, 3.63) is 29.5 Å². The Balaban J connectivity index is 2.19. The van der Waals surface area contributed by atoms with Crippen molar-refractivity contribution in [1.29, 1.82) is 0 Å². The van der Waals surface area contributed by atoms with E-state index >= 15 is 0 Å². The quantitative estimate of drug-likeness (QED) is 0.528. The Hall–Kier alpha value is -1.96. The fraction of sp³-hybridized carbons (Fsp3) is 0.333. The van der Waals surface area contributed by atoms with Crippen molar-refractivity contribution in [2.45, 2.75) is 18.4 Å². The molecule has 0 bridgehead atoms. The third kappa shape index (κ3) is 2.01. The molecule has 0 radical (unpaired) electrons. The molecule has 0 aromatic carbocycles. The van der Waals surface area contributed by atoms with Crippen molar-refractivity contribution in [2.24, 2.45) is 0 Å². The van der Waals surface area contributed by atoms with Crippen LogP contribution in [0.25, 0.3) is 11.2 Å². The van der Waals surface area contributed by atoms with Crippen molar-refractivity contribution in [3.8, 4) is 0 Å². The van der Waals surface area contributed by atoms with Gasteiger partial charge in [-0.05, 0) is 11.6 Å². The molecule has 0 saturated carbocycles. The number of imidazole rings is 1. The number of hydrogen-bond acceptors (Lipinski definition) is 7. The van der Waals surface area contributed by atoms with Crippen molar-refractivity contribution in [3.63, 3.8) is 0 Å². The summed E-state index contributed by atoms with van der Waals surface area (Å²) in [5.74, 6) is 0.182. The van der Waals surface area contributed by atoms with Crippen LogP contribution < -0.4 is 5.73 Å². The van der Waals surface area contributed by atoms with Crippen LogP contribution >= 0.6 is 11.6 Å². The topological polar surface area (TPSA) is 119 Å². The van der Waals surface area contributed by atoms with Gasteiger partial charge in [-0.1, -0.05) is 6.58 Å². The molecule has 3 rings (SSSR count). The highest BCUT2D eigenvalue weighted by molar-refractivity contribution is 6.29. The van der Waals surface area contributed by atoms with Crippen LogP contribution in [0.3, 0.4) is 0 Å². The number of aromatic nitrogens is 4. The van der Waals surface area contributed by atoms with Crippen molar-refractivity contribution < 1.29 is 14.9 Å². The Morgan fingerprint density at radius 2 is 2.29 bits per heavy atom. The molecular weight excluding hydrogens is 298 g/mol. The van der Waals surface area contributed by atoms with E-state index in [0.29, 0.717) is 16.7 Å². The molecule has 0 unspecified atom stereocenters. The maximum atomic E-state index is 10.1. The third-order valence-corrected chi connectivity index (χ3v) is 3.59. The average Bonchev–Trinajstić information content (AvgIpc) is 2.96. The Labute approximate surface area is 124 Å². The van der Waals surface area contributed by atoms with E-state index in [2.05, 4.69) is 27.3 Å². The van der Waals surface area contributed by atoms with Gasteiger partial charge in [0.15, 0.2) is 23.2 Å². The maximum Gasteiger partial charge on any atom is 0.207 e. The van der Waals surface area contributed by atoms with E-state index in [1.54, 1.807) is 0 Å². The summed E-state index contributed by atoms with van der Waals surface area (Å²) in [6.45, 7) is 3.17. The van der Waals surface area contributed by atoms with Crippen molar-refractivity contribution >= 4 is 28.6 Å². The number of aliphatic hydroxyl groups is 2. The fourth-order valence-electron chi connectivity index (χ4n) is 2.30. The van der Waals surface area contributed by atoms with E-state index in [0.717, 1.165) is 0 Å². The zero-order valence-corrected chi connectivity index (χ0v) is 11.5. The number of ether oxygens (including phenoxy) is 1. The van der Waals surface area contributed by atoms with Gasteiger partial charge >= 0.3 is 0 Å². The summed E-state index contributed by atoms with van der Waals surface area (Å²) in [6, 6.07) is 0. The highest BCUT2D eigenvalue weighted by Crippen LogP contribution is 2.37. The Bertz CT molecular complexity index is 755. The molecule has 1 aliphatic rings. The first-order valence-corrected chi connectivity index (χ1v) is 6.44. The van der Waals surface area contributed by atoms with Crippen molar-refractivity contribution in [2.75, 3.05) is 12.3 Å². The first-order chi connectivity index (χ1) is 10.1. The minimum absolute atomic E-state index is 0.0701. The van der Waals surface area contributed by atoms with Crippen LogP contribution in [0, 0.1) is 0 Å². The number of nitrogens with zero attached hydrogens (tertiary/aromatic N) is 4. The van der Waals surface area contributed by atoms with Gasteiger partial charge in [0.1, 0.15) is 18.5 Å². The lowest BCUT2D eigenvalue weighted by Gasteiger charge is -2.14. The van der Waals surface area contributed by atoms with Crippen LogP contribution in [0.4, 0.5) is 5.82 Å². The number of nitrogen functional groups attached to an aromatic ring is 1. The summed E-state index contributed by atoms with van der Waals surface area (Å²) in [7, 11) is 0. The van der Waals surface area contributed by atoms with Gasteiger partial charge < -0.3 is 20.7 Å². The molecule has 0 spiro atoms. The van der Waals surface area contributed by atoms with E-state index < -0.39 is 18.4 Å². The minimum Gasteiger partial charge on any atom is -0.394 e. The van der Waals surface area contributed by atoms with Crippen molar-refractivity contribution in [1.82, 2.24) is 19.5 Å². The maximum absolute atomic E-state index is 10.1. The number of halogens is 1. The molecule has 3 atom stereocenters. The Morgan fingerprint density at radius 1 is 1.52 bits per heavy atom. The van der Waals surface area contributed by atoms with Gasteiger partial charge in [0.05, 0.1) is 12.2 Å². The zero-order valence-electron chi connectivity index (χ0n) is 10.8. The molecule has 1 fully saturated rings. The molecule has 2 aromatic heterocycles. The average molecular weight is 310 g/mol. The molecule has 3 heterocycles. The van der Waals surface area contributed by atoms with E-state index in [-0.39, 0.29) is 17.7 Å². The minimum atomic E-state index is -1.04. The largest absolute Gasteiger partial charge is 0.394 e. The second-order valence-electron chi connectivity index (χ2n) is 4.47. The molecular formula is C12H12ClN5O3. The Kier molecular flexibility index (Phi) is 3.40. The van der Waals surface area contributed by atoms with Crippen LogP contribution in [0.5, 0.6) is 0 Å². The van der Waals surface area contributed by atoms with Crippen LogP contribution in [-0.2, 0) is 4.74 Å². The molecule has 4 N–H and O–H groups in total. The van der Waals surface area contributed by atoms with Gasteiger partial charge in [-0.25, -0.2) is 15.0 Å². The molecule has 2 aromatic rings. The molecule has 1 saturated heterocycles. The van der Waals surface area contributed by atoms with E-state index in [1.165, 1.54) is 10.9 Å². The molecule has 9 heteroatoms. The first-order valence-electron chi connectivity index (χ1n) is 6.06. The lowest BCUT2D eigenvalue weighted by Crippen LogP contribution is -2.25. The summed E-state index contributed by atoms with van der Waals surface area (Å²) in [5.41, 5.74) is 9.38. The predicted molar refractivity (Wildman–Crippen MR) is 74.4 cm³/mol. The van der Waals surface area contributed by atoms with Crippen LogP contribution in [0.15, 0.2) is 24.2 Å². The van der Waals surface area contributed by atoms with Gasteiger partial charge in [-0.15, -0.1) is 5.73 Å². The van der Waals surface area contributed by atoms with E-state index in [4.69, 9.17) is 22.1 Å². The van der Waals surface area contributed by atoms with Gasteiger partial charge in [0.2, 0.25) is 5.28 Å². The van der Waals surface area contributed by atoms with Crippen LogP contribution in [-0.4, -0.2) is 48.5 Å². The predicted octanol–water partition coefficient (Wildman–Crippen LogP) is 0.0238. The third-order valence-electron chi connectivity index (χ3n) is 3.32. The molecule has 0 aliphatic carbocycles. The monoisotopic (exact) mass is 309 g/mol. The highest BCUT2D eigenvalue weighted by atomic mass is 35.5. The molecule has 1 aliphatic heterocycles. The van der Waals surface area contributed by atoms with E-state index in [1.807, 2.05) is 0 Å². The lowest BCUT2D eigenvalue weighted by atomic mass is 10.1. The zero-order chi connectivity index (χ0) is 15.1. The molecule has 0 amide bonds. The second kappa shape index (κ2) is 5.10. The Morgan fingerprint density at radius 3 is 2.95 bits per heavy atom. The van der Waals surface area contributed by atoms with E-state index in [9.17, 15) is 10.2 Å². The first kappa shape index (κ1) is 14.0. The number of hydrogen-bond donors (Lipinski definition) is 3. The van der Waals surface area contributed by atoms with Gasteiger partial charge in [0, 0.05) is 0 Å². The second-order valence-corrected chi connectivity index (χ2v) is 4.81. The smallest absolute Gasteiger partial charge is 0.207 e. The fourth-order valence-corrected chi connectivity index (χ4v) is 2.56. The van der Waals surface area contributed by atoms with Crippen LogP contribution in [0.1, 0.15) is 6.23 Å². The summed E-state index contributed by atoms with van der Waals surface area (Å²) >= 11 is 6.12. The summed E-state index contributed by atoms with van der Waals surface area (Å²) in [4.78, 5) is 12.0. The highest BCUT2D eigenvalue weighted by Gasteiger charge is 2.41. The number of nitrogens with two attached hydrogens (primary N) is 1. The van der Waals surface area contributed by atoms with Crippen LogP contribution in [0.2, 0.25) is 5.28 Å². The summed E-state index contributed by atoms with van der Waals surface area (Å²) in [5, 5.41) is 19.4. The summed E-state index contributed by atoms with van der Waals surface area (Å²) < 4.78 is 7.04. The molecule has 8 nitrogen and oxygen atoms in total. The van der Waals surface area contributed by atoms with Gasteiger partial charge in [-0.2, -0.15) is 0 Å². The number of anilines is 1. The number of fused-ring (bicyclic) bond motifs is 1. The summed E-state index contributed by atoms with van der Waals surface area (Å²) in [6.07, 6.45) is -1.38. The number of aliphatic hydroxyl groups excluding tert-OH is 2. The lowest BCUT2D eigenvalue weighted by molar-refractivity contribution is -0.0421. The molecule has 110 valence electrons. The molecule has 21 heavy (non-hydrogen) atoms. The van der Waals surface area contributed by atoms with Gasteiger partial charge in [-0.3, -0.25) is 4.57 Å². The number of rotatable bonds is 2. The SMILES string of the molecule is C=C=C1[C@H](n2c(Cl)nc3c(N)ncnc32)O[C@H](CO)[C@H]1O. The standard InChI is InChI=1S/C12H12ClN5O3/c1-2-5-8(20)6(3-19)21-11(5)18-10-7(17-12(18)13)9(14)15-4-16-10/h4,6,8,11,19-20H,1,3H2,(H2,14,15,16)/t6-,8+,11-/m1/s1.